The van der Waals surface area contributed by atoms with Crippen molar-refractivity contribution >= 4 is 45.4 Å². The normalized spacial score (nSPS) is 21.9. The Morgan fingerprint density at radius 2 is 1.01 bits per heavy atom. The minimum atomic E-state index is -0.493. The van der Waals surface area contributed by atoms with Gasteiger partial charge in [-0.25, -0.2) is 0 Å². The Hall–Kier alpha value is -5.70. The number of fused-ring (bicyclic) bond motifs is 2. The third kappa shape index (κ3) is 15.2. The van der Waals surface area contributed by atoms with Crippen molar-refractivity contribution in [3.8, 4) is 12.1 Å². The number of likely N-dealkylation sites (tertiary alicyclic amines) is 1. The lowest BCUT2D eigenvalue weighted by atomic mass is 9.83. The highest BCUT2D eigenvalue weighted by atomic mass is 16.2. The molecule has 5 N–H and O–H groups in total. The number of hydrogen-bond donors (Lipinski definition) is 5. The zero-order valence-electron chi connectivity index (χ0n) is 44.5. The molecule has 2 aliphatic heterocycles. The van der Waals surface area contributed by atoms with Crippen molar-refractivity contribution < 1.29 is 19.2 Å². The molecule has 6 atom stereocenters. The highest BCUT2D eigenvalue weighted by Gasteiger charge is 2.36. The maximum absolute atomic E-state index is 13.7. The summed E-state index contributed by atoms with van der Waals surface area (Å²) in [7, 11) is 2.18. The topological polar surface area (TPSA) is 189 Å². The second kappa shape index (κ2) is 27.0. The second-order valence-electron chi connectivity index (χ2n) is 22.6. The van der Waals surface area contributed by atoms with Gasteiger partial charge in [-0.1, -0.05) is 89.8 Å². The summed E-state index contributed by atoms with van der Waals surface area (Å²) in [6.07, 6.45) is 15.1. The number of carbonyl (C=O) groups excluding carboxylic acids is 4. The summed E-state index contributed by atoms with van der Waals surface area (Å²) < 4.78 is 4.34. The Bertz CT molecular complexity index is 2540. The summed E-state index contributed by atoms with van der Waals surface area (Å²) in [5.74, 6) is 0.942. The van der Waals surface area contributed by atoms with Crippen molar-refractivity contribution in [2.24, 2.45) is 35.5 Å². The largest absolute Gasteiger partial charge is 0.347 e. The number of piperidine rings is 2. The summed E-state index contributed by atoms with van der Waals surface area (Å²) in [4.78, 5) is 56.0. The van der Waals surface area contributed by atoms with Crippen molar-refractivity contribution in [3.63, 3.8) is 0 Å². The molecule has 2 saturated carbocycles. The first-order chi connectivity index (χ1) is 35.3. The molecular weight excluding hydrogens is 913 g/mol. The van der Waals surface area contributed by atoms with Gasteiger partial charge in [-0.3, -0.25) is 19.2 Å². The minimum absolute atomic E-state index is 0.108. The second-order valence-corrected chi connectivity index (χ2v) is 22.6. The van der Waals surface area contributed by atoms with Crippen LogP contribution in [-0.2, 0) is 22.7 Å². The maximum Gasteiger partial charge on any atom is 0.268 e. The molecule has 2 aromatic heterocycles. The summed E-state index contributed by atoms with van der Waals surface area (Å²) >= 11 is 0. The lowest BCUT2D eigenvalue weighted by Gasteiger charge is -2.32. The van der Waals surface area contributed by atoms with Crippen LogP contribution in [0, 0.1) is 58.2 Å². The standard InChI is InChI=1S/C30H43N5O2.C29H41N5O2/c1-21(2)18-24(20-31)32-29(36)25-9-5-6-10-26(25)33-30(37)28-19-23-8-4-7-11-27(23)35(28)17-14-22-12-15-34(3)16-13-22;1-20(2)17-23(19-30)32-28(35)24-8-4-5-9-25(24)33-29(36)27-18-22-7-3-6-10-26(22)34(27)16-13-21-11-14-31-15-12-21/h4,7-8,11,19,21-22,24-26H,5-6,9-10,12-18H2,1-3H3,(H,32,36)(H,33,37);3,6-7,10,18,20-21,23-25,31H,4-5,8-9,11-17H2,1-2H3,(H,32,35)(H,33,36)/t24-,25+,26-;23-,24+,25-/m00/s1. The van der Waals surface area contributed by atoms with Crippen molar-refractivity contribution in [1.29, 1.82) is 10.5 Å². The van der Waals surface area contributed by atoms with E-state index >= 15 is 0 Å². The summed E-state index contributed by atoms with van der Waals surface area (Å²) in [6.45, 7) is 14.2. The smallest absolute Gasteiger partial charge is 0.268 e. The Morgan fingerprint density at radius 1 is 0.603 bits per heavy atom. The highest BCUT2D eigenvalue weighted by Crippen LogP contribution is 2.30. The lowest BCUT2D eigenvalue weighted by Crippen LogP contribution is -2.50. The Balaban J connectivity index is 0.000000214. The van der Waals surface area contributed by atoms with E-state index in [9.17, 15) is 29.7 Å². The first-order valence-electron chi connectivity index (χ1n) is 27.9. The Kier molecular flexibility index (Phi) is 20.4. The zero-order chi connectivity index (χ0) is 51.9. The molecule has 73 heavy (non-hydrogen) atoms. The Morgan fingerprint density at radius 3 is 1.44 bits per heavy atom. The molecule has 4 aromatic rings. The lowest BCUT2D eigenvalue weighted by molar-refractivity contribution is -0.128. The van der Waals surface area contributed by atoms with Crippen LogP contribution in [0.3, 0.4) is 0 Å². The third-order valence-corrected chi connectivity index (χ3v) is 16.1. The van der Waals surface area contributed by atoms with E-state index in [1.54, 1.807) is 0 Å². The van der Waals surface area contributed by atoms with E-state index in [-0.39, 0.29) is 47.5 Å². The van der Waals surface area contributed by atoms with E-state index in [0.717, 1.165) is 125 Å². The van der Waals surface area contributed by atoms with Crippen LogP contribution < -0.4 is 26.6 Å². The number of rotatable bonds is 18. The van der Waals surface area contributed by atoms with Gasteiger partial charge in [0.05, 0.1) is 24.0 Å². The van der Waals surface area contributed by atoms with Crippen LogP contribution in [0.1, 0.15) is 151 Å². The van der Waals surface area contributed by atoms with Crippen LogP contribution in [0.5, 0.6) is 0 Å². The SMILES string of the molecule is CC(C)C[C@@H](C#N)NC(=O)[C@@H]1CCCC[C@@H]1NC(=O)c1cc2ccccc2n1CCC1CCN(C)CC1.CC(C)C[C@@H](C#N)NC(=O)[C@@H]1CCCC[C@@H]1NC(=O)c1cc2ccccc2n1CCC1CCNCC1. The first kappa shape index (κ1) is 55.1. The molecule has 8 rings (SSSR count). The van der Waals surface area contributed by atoms with E-state index in [4.69, 9.17) is 0 Å². The van der Waals surface area contributed by atoms with Gasteiger partial charge in [-0.15, -0.1) is 0 Å². The van der Waals surface area contributed by atoms with Crippen LogP contribution >= 0.6 is 0 Å². The maximum atomic E-state index is 13.7. The first-order valence-corrected chi connectivity index (χ1v) is 27.9. The summed E-state index contributed by atoms with van der Waals surface area (Å²) in [5.41, 5.74) is 3.52. The van der Waals surface area contributed by atoms with E-state index in [1.807, 2.05) is 64.1 Å². The number of nitriles is 2. The van der Waals surface area contributed by atoms with Crippen LogP contribution in [0.15, 0.2) is 60.7 Å². The number of amides is 4. The molecule has 14 nitrogen and oxygen atoms in total. The molecule has 2 saturated heterocycles. The molecule has 0 bridgehead atoms. The number of nitrogens with zero attached hydrogens (tertiary/aromatic N) is 5. The van der Waals surface area contributed by atoms with Gasteiger partial charge in [0, 0.05) is 47.0 Å². The molecule has 4 heterocycles. The molecule has 14 heteroatoms. The molecule has 394 valence electrons. The number of benzene rings is 2. The van der Waals surface area contributed by atoms with Crippen molar-refractivity contribution in [1.82, 2.24) is 40.6 Å². The molecular formula is C59H84N10O4. The number of aromatic nitrogens is 2. The van der Waals surface area contributed by atoms with Crippen LogP contribution in [0.2, 0.25) is 0 Å². The predicted octanol–water partition coefficient (Wildman–Crippen LogP) is 9.09. The molecule has 0 unspecified atom stereocenters. The molecule has 2 aromatic carbocycles. The Labute approximate surface area is 434 Å². The molecule has 2 aliphatic carbocycles. The van der Waals surface area contributed by atoms with Gasteiger partial charge in [-0.2, -0.15) is 10.5 Å². The van der Waals surface area contributed by atoms with Crippen LogP contribution in [-0.4, -0.2) is 95.1 Å². The van der Waals surface area contributed by atoms with Gasteiger partial charge in [0.25, 0.3) is 11.8 Å². The predicted molar refractivity (Wildman–Crippen MR) is 289 cm³/mol. The minimum Gasteiger partial charge on any atom is -0.347 e. The van der Waals surface area contributed by atoms with Gasteiger partial charge in [0.2, 0.25) is 11.8 Å². The number of nitrogens with one attached hydrogen (secondary N) is 5. The van der Waals surface area contributed by atoms with Crippen LogP contribution in [0.25, 0.3) is 21.8 Å². The average molecular weight is 997 g/mol. The van der Waals surface area contributed by atoms with Gasteiger partial charge < -0.3 is 40.6 Å². The number of aryl methyl sites for hydroxylation is 2. The molecule has 0 radical (unpaired) electrons. The third-order valence-electron chi connectivity index (χ3n) is 16.1. The van der Waals surface area contributed by atoms with E-state index in [0.29, 0.717) is 47.9 Å². The van der Waals surface area contributed by atoms with E-state index < -0.39 is 12.1 Å². The van der Waals surface area contributed by atoms with E-state index in [2.05, 4.69) is 84.1 Å². The molecule has 0 spiro atoms. The fourth-order valence-corrected chi connectivity index (χ4v) is 11.9. The number of carbonyl (C=O) groups is 4. The average Bonchev–Trinajstić information content (AvgIpc) is 3.96. The summed E-state index contributed by atoms with van der Waals surface area (Å²) in [6, 6.07) is 23.4. The molecule has 4 amide bonds. The summed E-state index contributed by atoms with van der Waals surface area (Å²) in [5, 5.41) is 36.9. The number of hydrogen-bond acceptors (Lipinski definition) is 8. The van der Waals surface area contributed by atoms with Crippen molar-refractivity contribution in [2.75, 3.05) is 33.2 Å². The highest BCUT2D eigenvalue weighted by molar-refractivity contribution is 6.00. The molecule has 4 fully saturated rings. The van der Waals surface area contributed by atoms with Gasteiger partial charge in [0.1, 0.15) is 23.5 Å². The number of para-hydroxylation sites is 2. The molecule has 4 aliphatic rings. The van der Waals surface area contributed by atoms with Crippen molar-refractivity contribution in [3.05, 3.63) is 72.1 Å². The van der Waals surface area contributed by atoms with E-state index in [1.165, 1.54) is 25.7 Å². The van der Waals surface area contributed by atoms with Gasteiger partial charge in [-0.05, 0) is 158 Å². The van der Waals surface area contributed by atoms with Crippen LogP contribution in [0.4, 0.5) is 0 Å². The quantitative estimate of drug-likeness (QED) is 0.0653. The zero-order valence-corrected chi connectivity index (χ0v) is 44.5. The fraction of sp³-hybridized carbons (Fsp3) is 0.627. The fourth-order valence-electron chi connectivity index (χ4n) is 11.9. The van der Waals surface area contributed by atoms with Crippen molar-refractivity contribution in [2.45, 2.75) is 168 Å². The van der Waals surface area contributed by atoms with Gasteiger partial charge >= 0.3 is 0 Å². The van der Waals surface area contributed by atoms with Gasteiger partial charge in [0.15, 0.2) is 0 Å². The monoisotopic (exact) mass is 997 g/mol.